The van der Waals surface area contributed by atoms with Gasteiger partial charge in [-0.25, -0.2) is 4.98 Å². The summed E-state index contributed by atoms with van der Waals surface area (Å²) in [6.07, 6.45) is 3.10. The van der Waals surface area contributed by atoms with E-state index >= 15 is 0 Å². The van der Waals surface area contributed by atoms with Crippen LogP contribution in [0.3, 0.4) is 0 Å². The summed E-state index contributed by atoms with van der Waals surface area (Å²) in [5, 5.41) is 3.41. The Bertz CT molecular complexity index is 504. The molecule has 0 atom stereocenters. The van der Waals surface area contributed by atoms with Gasteiger partial charge in [-0.2, -0.15) is 0 Å². The molecule has 0 saturated heterocycles. The minimum Gasteiger partial charge on any atom is -0.326 e. The molecule has 0 spiro atoms. The lowest BCUT2D eigenvalue weighted by molar-refractivity contribution is 0.625. The average Bonchev–Trinajstić information content (AvgIpc) is 2.90. The third-order valence-electron chi connectivity index (χ3n) is 2.81. The minimum absolute atomic E-state index is 0.841. The summed E-state index contributed by atoms with van der Waals surface area (Å²) >= 11 is 7.59. The minimum atomic E-state index is 0.841. The highest BCUT2D eigenvalue weighted by Crippen LogP contribution is 2.23. The highest BCUT2D eigenvalue weighted by Gasteiger charge is 2.08. The molecule has 0 aliphatic heterocycles. The summed E-state index contributed by atoms with van der Waals surface area (Å²) in [6.45, 7) is 6.97. The number of rotatable bonds is 6. The molecule has 2 heterocycles. The fourth-order valence-electron chi connectivity index (χ4n) is 1.86. The van der Waals surface area contributed by atoms with Crippen LogP contribution in [0.5, 0.6) is 0 Å². The zero-order valence-electron chi connectivity index (χ0n) is 10.7. The maximum atomic E-state index is 5.96. The predicted octanol–water partition coefficient (Wildman–Crippen LogP) is 3.45. The number of hydrogen-bond donors (Lipinski definition) is 1. The van der Waals surface area contributed by atoms with E-state index in [0.29, 0.717) is 0 Å². The molecule has 1 N–H and O–H groups in total. The lowest BCUT2D eigenvalue weighted by atomic mass is 10.4. The van der Waals surface area contributed by atoms with Gasteiger partial charge >= 0.3 is 0 Å². The molecule has 0 unspecified atom stereocenters. The smallest absolute Gasteiger partial charge is 0.106 e. The molecule has 2 rings (SSSR count). The van der Waals surface area contributed by atoms with Gasteiger partial charge in [-0.3, -0.25) is 0 Å². The molecule has 0 fully saturated rings. The number of hydrogen-bond acceptors (Lipinski definition) is 3. The van der Waals surface area contributed by atoms with Crippen LogP contribution in [0.1, 0.15) is 29.7 Å². The van der Waals surface area contributed by atoms with E-state index in [0.717, 1.165) is 36.2 Å². The Kier molecular flexibility index (Phi) is 4.80. The van der Waals surface area contributed by atoms with Gasteiger partial charge < -0.3 is 9.88 Å². The highest BCUT2D eigenvalue weighted by atomic mass is 35.5. The van der Waals surface area contributed by atoms with Gasteiger partial charge in [-0.05, 0) is 32.0 Å². The second-order valence-electron chi connectivity index (χ2n) is 4.27. The fourth-order valence-corrected chi connectivity index (χ4v) is 2.93. The van der Waals surface area contributed by atoms with Crippen LogP contribution in [-0.4, -0.2) is 16.1 Å². The highest BCUT2D eigenvalue weighted by molar-refractivity contribution is 7.16. The monoisotopic (exact) mass is 283 g/mol. The van der Waals surface area contributed by atoms with Crippen LogP contribution in [0.25, 0.3) is 0 Å². The van der Waals surface area contributed by atoms with Crippen molar-refractivity contribution in [3.05, 3.63) is 39.1 Å². The van der Waals surface area contributed by atoms with Crippen LogP contribution < -0.4 is 5.32 Å². The summed E-state index contributed by atoms with van der Waals surface area (Å²) < 4.78 is 3.08. The zero-order valence-corrected chi connectivity index (χ0v) is 12.3. The van der Waals surface area contributed by atoms with Crippen LogP contribution in [0.15, 0.2) is 18.3 Å². The second kappa shape index (κ2) is 6.36. The number of nitrogens with one attached hydrogen (secondary N) is 1. The first-order valence-electron chi connectivity index (χ1n) is 6.16. The van der Waals surface area contributed by atoms with Crippen molar-refractivity contribution in [3.8, 4) is 0 Å². The first-order chi connectivity index (χ1) is 8.70. The lowest BCUT2D eigenvalue weighted by Crippen LogP contribution is -2.17. The third kappa shape index (κ3) is 3.34. The van der Waals surface area contributed by atoms with E-state index in [-0.39, 0.29) is 0 Å². The molecule has 0 aliphatic rings. The third-order valence-corrected chi connectivity index (χ3v) is 4.03. The van der Waals surface area contributed by atoms with Crippen molar-refractivity contribution in [2.75, 3.05) is 6.54 Å². The molecular formula is C13H18ClN3S. The van der Waals surface area contributed by atoms with Crippen molar-refractivity contribution in [1.29, 1.82) is 0 Å². The predicted molar refractivity (Wildman–Crippen MR) is 77.4 cm³/mol. The molecule has 0 amide bonds. The quantitative estimate of drug-likeness (QED) is 0.823. The van der Waals surface area contributed by atoms with Gasteiger partial charge in [0, 0.05) is 17.6 Å². The molecule has 0 radical (unpaired) electrons. The standard InChI is InChI=1S/C13H18ClN3S/c1-3-6-15-7-11-8-16-10(2)17(11)9-12-4-5-13(14)18-12/h4-5,8,15H,3,6-7,9H2,1-2H3. The topological polar surface area (TPSA) is 29.9 Å². The van der Waals surface area contributed by atoms with Crippen LogP contribution in [0.2, 0.25) is 4.34 Å². The van der Waals surface area contributed by atoms with Crippen molar-refractivity contribution in [1.82, 2.24) is 14.9 Å². The summed E-state index contributed by atoms with van der Waals surface area (Å²) in [5.74, 6) is 1.05. The molecular weight excluding hydrogens is 266 g/mol. The van der Waals surface area contributed by atoms with Gasteiger partial charge in [0.15, 0.2) is 0 Å². The number of aryl methyl sites for hydroxylation is 1. The zero-order chi connectivity index (χ0) is 13.0. The van der Waals surface area contributed by atoms with Gasteiger partial charge in [0.2, 0.25) is 0 Å². The van der Waals surface area contributed by atoms with Gasteiger partial charge in [0.25, 0.3) is 0 Å². The molecule has 0 aliphatic carbocycles. The Labute approximate surface area is 117 Å². The molecule has 3 nitrogen and oxygen atoms in total. The van der Waals surface area contributed by atoms with Crippen molar-refractivity contribution in [3.63, 3.8) is 0 Å². The van der Waals surface area contributed by atoms with Crippen LogP contribution in [0, 0.1) is 6.92 Å². The van der Waals surface area contributed by atoms with Gasteiger partial charge in [-0.15, -0.1) is 11.3 Å². The van der Waals surface area contributed by atoms with Gasteiger partial charge in [-0.1, -0.05) is 18.5 Å². The lowest BCUT2D eigenvalue weighted by Gasteiger charge is -2.09. The number of imidazole rings is 1. The number of aromatic nitrogens is 2. The maximum Gasteiger partial charge on any atom is 0.106 e. The SMILES string of the molecule is CCCNCc1cnc(C)n1Cc1ccc(Cl)s1. The molecule has 0 aromatic carbocycles. The summed E-state index contributed by atoms with van der Waals surface area (Å²) in [6, 6.07) is 4.03. The van der Waals surface area contributed by atoms with Gasteiger partial charge in [0.1, 0.15) is 5.82 Å². The fraction of sp³-hybridized carbons (Fsp3) is 0.462. The number of halogens is 1. The van der Waals surface area contributed by atoms with Crippen molar-refractivity contribution in [2.45, 2.75) is 33.4 Å². The molecule has 18 heavy (non-hydrogen) atoms. The second-order valence-corrected chi connectivity index (χ2v) is 6.07. The summed E-state index contributed by atoms with van der Waals surface area (Å²) in [7, 11) is 0. The van der Waals surface area contributed by atoms with Crippen molar-refractivity contribution in [2.24, 2.45) is 0 Å². The largest absolute Gasteiger partial charge is 0.326 e. The van der Waals surface area contributed by atoms with E-state index in [9.17, 15) is 0 Å². The van der Waals surface area contributed by atoms with E-state index < -0.39 is 0 Å². The molecule has 2 aromatic heterocycles. The Balaban J connectivity index is 2.08. The van der Waals surface area contributed by atoms with Crippen LogP contribution >= 0.6 is 22.9 Å². The first-order valence-corrected chi connectivity index (χ1v) is 7.36. The van der Waals surface area contributed by atoms with E-state index in [2.05, 4.69) is 27.9 Å². The van der Waals surface area contributed by atoms with Crippen LogP contribution in [-0.2, 0) is 13.1 Å². The average molecular weight is 284 g/mol. The first kappa shape index (κ1) is 13.6. The Morgan fingerprint density at radius 2 is 2.28 bits per heavy atom. The van der Waals surface area contributed by atoms with Crippen molar-refractivity contribution >= 4 is 22.9 Å². The molecule has 0 saturated carbocycles. The van der Waals surface area contributed by atoms with Crippen molar-refractivity contribution < 1.29 is 0 Å². The van der Waals surface area contributed by atoms with E-state index in [1.807, 2.05) is 19.2 Å². The molecule has 98 valence electrons. The van der Waals surface area contributed by atoms with E-state index in [1.54, 1.807) is 11.3 Å². The number of nitrogens with zero attached hydrogens (tertiary/aromatic N) is 2. The number of thiophene rings is 1. The summed E-state index contributed by atoms with van der Waals surface area (Å²) in [4.78, 5) is 5.65. The summed E-state index contributed by atoms with van der Waals surface area (Å²) in [5.41, 5.74) is 1.23. The van der Waals surface area contributed by atoms with E-state index in [4.69, 9.17) is 11.6 Å². The van der Waals surface area contributed by atoms with E-state index in [1.165, 1.54) is 10.6 Å². The maximum absolute atomic E-state index is 5.96. The van der Waals surface area contributed by atoms with Crippen LogP contribution in [0.4, 0.5) is 0 Å². The molecule has 5 heteroatoms. The Morgan fingerprint density at radius 3 is 2.94 bits per heavy atom. The molecule has 0 bridgehead atoms. The Hall–Kier alpha value is -0.840. The van der Waals surface area contributed by atoms with Gasteiger partial charge in [0.05, 0.1) is 16.6 Å². The molecule has 2 aromatic rings. The normalized spacial score (nSPS) is 11.1. The Morgan fingerprint density at radius 1 is 1.44 bits per heavy atom.